The van der Waals surface area contributed by atoms with Gasteiger partial charge in [0.25, 0.3) is 5.69 Å². The van der Waals surface area contributed by atoms with Gasteiger partial charge >= 0.3 is 5.69 Å². The first kappa shape index (κ1) is 31.9. The molecule has 238 valence electrons. The number of nitro groups is 2. The Morgan fingerprint density at radius 3 is 2.44 bits per heavy atom. The first-order valence-electron chi connectivity index (χ1n) is 16.6. The smallest absolute Gasteiger partial charge is 0.300 e. The van der Waals surface area contributed by atoms with Crippen molar-refractivity contribution in [1.29, 1.82) is 0 Å². The van der Waals surface area contributed by atoms with Gasteiger partial charge in [-0.25, -0.2) is 5.43 Å². The number of hydrogen-bond donors (Lipinski definition) is 2. The van der Waals surface area contributed by atoms with Crippen LogP contribution in [0.25, 0.3) is 0 Å². The second-order valence-electron chi connectivity index (χ2n) is 15.0. The van der Waals surface area contributed by atoms with E-state index in [0.29, 0.717) is 23.7 Å². The van der Waals surface area contributed by atoms with Crippen molar-refractivity contribution in [2.75, 3.05) is 12.5 Å². The summed E-state index contributed by atoms with van der Waals surface area (Å²) in [6.45, 7) is 12.2. The predicted octanol–water partition coefficient (Wildman–Crippen LogP) is 8.45. The third kappa shape index (κ3) is 5.96. The number of nitrogens with zero attached hydrogens (tertiary/aromatic N) is 2. The van der Waals surface area contributed by atoms with Crippen LogP contribution < -0.4 is 10.9 Å². The Bertz CT molecular complexity index is 1240. The summed E-state index contributed by atoms with van der Waals surface area (Å²) in [4.78, 5) is 22.0. The summed E-state index contributed by atoms with van der Waals surface area (Å²) in [6, 6.07) is 3.80. The highest BCUT2D eigenvalue weighted by atomic mass is 16.6. The Morgan fingerprint density at radius 2 is 1.77 bits per heavy atom. The van der Waals surface area contributed by atoms with Gasteiger partial charge in [-0.1, -0.05) is 65.5 Å². The van der Waals surface area contributed by atoms with Gasteiger partial charge in [-0.15, -0.1) is 0 Å². The Kier molecular flexibility index (Phi) is 9.25. The molecule has 0 amide bonds. The molecule has 4 aliphatic rings. The monoisotopic (exact) mass is 596 g/mol. The summed E-state index contributed by atoms with van der Waals surface area (Å²) < 4.78 is 5.82. The summed E-state index contributed by atoms with van der Waals surface area (Å²) in [5, 5.41) is 23.2. The first-order valence-corrected chi connectivity index (χ1v) is 16.6. The molecule has 9 atom stereocenters. The number of non-ortho nitro benzene ring substituents is 1. The van der Waals surface area contributed by atoms with E-state index in [4.69, 9.17) is 4.74 Å². The first-order chi connectivity index (χ1) is 20.4. The van der Waals surface area contributed by atoms with Crippen LogP contribution in [-0.2, 0) is 4.74 Å². The molecule has 2 N–H and O–H groups in total. The van der Waals surface area contributed by atoms with E-state index in [1.165, 1.54) is 62.7 Å². The van der Waals surface area contributed by atoms with Crippen molar-refractivity contribution in [3.8, 4) is 0 Å². The quantitative estimate of drug-likeness (QED) is 0.149. The van der Waals surface area contributed by atoms with Crippen LogP contribution in [0.1, 0.15) is 98.8 Å². The molecule has 43 heavy (non-hydrogen) atoms. The molecule has 1 aromatic rings. The zero-order valence-electron chi connectivity index (χ0n) is 26.9. The predicted molar refractivity (Wildman–Crippen MR) is 170 cm³/mol. The lowest BCUT2D eigenvalue weighted by atomic mass is 9.46. The van der Waals surface area contributed by atoms with Gasteiger partial charge in [0.05, 0.1) is 22.0 Å². The van der Waals surface area contributed by atoms with Crippen LogP contribution in [0.4, 0.5) is 17.1 Å². The number of rotatable bonds is 11. The molecule has 3 saturated carbocycles. The minimum absolute atomic E-state index is 0.00176. The molecule has 0 saturated heterocycles. The topological polar surface area (TPSA) is 120 Å². The van der Waals surface area contributed by atoms with Gasteiger partial charge in [0, 0.05) is 19.2 Å². The number of hydrogen-bond acceptors (Lipinski definition) is 7. The molecule has 4 aliphatic carbocycles. The minimum Gasteiger partial charge on any atom is -0.381 e. The highest BCUT2D eigenvalue weighted by molar-refractivity contribution is 5.64. The van der Waals surface area contributed by atoms with E-state index in [2.05, 4.69) is 51.5 Å². The molecular weight excluding hydrogens is 544 g/mol. The van der Waals surface area contributed by atoms with E-state index in [1.54, 1.807) is 7.11 Å². The molecule has 9 nitrogen and oxygen atoms in total. The van der Waals surface area contributed by atoms with Crippen molar-refractivity contribution in [2.45, 2.75) is 111 Å². The van der Waals surface area contributed by atoms with Gasteiger partial charge in [-0.05, 0) is 97.3 Å². The summed E-state index contributed by atoms with van der Waals surface area (Å²) in [6.07, 6.45) is 14.6. The van der Waals surface area contributed by atoms with Gasteiger partial charge in [0.2, 0.25) is 0 Å². The lowest BCUT2D eigenvalue weighted by molar-refractivity contribution is -0.393. The van der Waals surface area contributed by atoms with Gasteiger partial charge in [0.15, 0.2) is 0 Å². The zero-order valence-corrected chi connectivity index (χ0v) is 26.9. The SMILES string of the molecule is CO[C@H]1CC[C@@]2(C)C(=CC(NNc3ccc([N+](=O)[O-])cc3[N+](=O)[O-])C3C2CC[C@@]2(C)C3CC[C@@H]2[C@H](C)CCCC(C)C)C1. The highest BCUT2D eigenvalue weighted by Crippen LogP contribution is 2.67. The molecule has 0 aliphatic heterocycles. The van der Waals surface area contributed by atoms with E-state index in [9.17, 15) is 20.2 Å². The minimum atomic E-state index is -0.598. The Morgan fingerprint density at radius 1 is 1.00 bits per heavy atom. The van der Waals surface area contributed by atoms with Crippen LogP contribution in [0.3, 0.4) is 0 Å². The molecule has 4 unspecified atom stereocenters. The summed E-state index contributed by atoms with van der Waals surface area (Å²) >= 11 is 0. The van der Waals surface area contributed by atoms with Crippen LogP contribution in [0.5, 0.6) is 0 Å². The summed E-state index contributed by atoms with van der Waals surface area (Å²) in [5.74, 6) is 3.69. The third-order valence-corrected chi connectivity index (χ3v) is 12.4. The van der Waals surface area contributed by atoms with Crippen molar-refractivity contribution < 1.29 is 14.6 Å². The number of nitrogens with one attached hydrogen (secondary N) is 2. The molecule has 0 spiro atoms. The Hall–Kier alpha value is -2.52. The lowest BCUT2D eigenvalue weighted by Crippen LogP contribution is -2.58. The number of benzene rings is 1. The summed E-state index contributed by atoms with van der Waals surface area (Å²) in [5.41, 5.74) is 8.25. The third-order valence-electron chi connectivity index (χ3n) is 12.4. The number of fused-ring (bicyclic) bond motifs is 5. The molecule has 0 aromatic heterocycles. The van der Waals surface area contributed by atoms with Gasteiger partial charge in [-0.2, -0.15) is 0 Å². The largest absolute Gasteiger partial charge is 0.381 e. The fourth-order valence-electron chi connectivity index (χ4n) is 10.1. The standard InChI is InChI=1S/C34H52N4O5/c1-21(2)8-7-9-22(3)26-11-12-27-32-28(15-17-34(26,27)5)33(4)16-14-25(43-6)18-23(33)19-30(32)36-35-29-13-10-24(37(39)40)20-31(29)38(41)42/h10,13,19-22,25-28,30,32,35-36H,7-9,11-12,14-18H2,1-6H3/t22-,25+,26-,27?,28?,30?,32?,33+,34-/m1/s1. The summed E-state index contributed by atoms with van der Waals surface area (Å²) in [7, 11) is 1.80. The van der Waals surface area contributed by atoms with Crippen LogP contribution in [0.2, 0.25) is 0 Å². The second-order valence-corrected chi connectivity index (χ2v) is 15.0. The molecular formula is C34H52N4O5. The zero-order chi connectivity index (χ0) is 31.1. The molecule has 1 aromatic carbocycles. The van der Waals surface area contributed by atoms with E-state index in [-0.39, 0.29) is 40.0 Å². The van der Waals surface area contributed by atoms with Crippen LogP contribution in [0.15, 0.2) is 29.8 Å². The van der Waals surface area contributed by atoms with E-state index in [1.807, 2.05) is 0 Å². The molecule has 0 bridgehead atoms. The molecule has 0 radical (unpaired) electrons. The molecule has 3 fully saturated rings. The van der Waals surface area contributed by atoms with Gasteiger partial charge < -0.3 is 10.2 Å². The Labute approximate surface area is 256 Å². The Balaban J connectivity index is 1.45. The molecule has 9 heteroatoms. The average Bonchev–Trinajstić information content (AvgIpc) is 3.32. The van der Waals surface area contributed by atoms with E-state index < -0.39 is 9.85 Å². The van der Waals surface area contributed by atoms with Crippen molar-refractivity contribution >= 4 is 17.1 Å². The fraction of sp³-hybridized carbons (Fsp3) is 0.765. The van der Waals surface area contributed by atoms with Gasteiger partial charge in [-0.3, -0.25) is 20.2 Å². The van der Waals surface area contributed by atoms with Crippen LogP contribution >= 0.6 is 0 Å². The number of nitro benzene ring substituents is 2. The number of anilines is 1. The number of ether oxygens (including phenoxy) is 1. The maximum absolute atomic E-state index is 11.9. The molecule has 0 heterocycles. The average molecular weight is 597 g/mol. The van der Waals surface area contributed by atoms with Gasteiger partial charge in [0.1, 0.15) is 5.69 Å². The van der Waals surface area contributed by atoms with Crippen LogP contribution in [0, 0.1) is 66.6 Å². The normalized spacial score (nSPS) is 35.8. The van der Waals surface area contributed by atoms with Crippen molar-refractivity contribution in [2.24, 2.45) is 46.3 Å². The van der Waals surface area contributed by atoms with Crippen LogP contribution in [-0.4, -0.2) is 29.1 Å². The second kappa shape index (κ2) is 12.5. The molecule has 5 rings (SSSR count). The maximum Gasteiger partial charge on any atom is 0.300 e. The van der Waals surface area contributed by atoms with E-state index in [0.717, 1.165) is 37.2 Å². The van der Waals surface area contributed by atoms with Crippen molar-refractivity contribution in [1.82, 2.24) is 5.43 Å². The number of methoxy groups -OCH3 is 1. The van der Waals surface area contributed by atoms with E-state index >= 15 is 0 Å². The van der Waals surface area contributed by atoms with Crippen molar-refractivity contribution in [3.63, 3.8) is 0 Å². The highest BCUT2D eigenvalue weighted by Gasteiger charge is 2.61. The fourth-order valence-corrected chi connectivity index (χ4v) is 10.1. The maximum atomic E-state index is 11.9. The number of hydrazine groups is 1. The lowest BCUT2D eigenvalue weighted by Gasteiger charge is -2.60. The van der Waals surface area contributed by atoms with Crippen molar-refractivity contribution in [3.05, 3.63) is 50.1 Å².